The molecule has 0 saturated carbocycles. The Bertz CT molecular complexity index is 958. The Labute approximate surface area is 140 Å². The molecule has 0 amide bonds. The van der Waals surface area contributed by atoms with Gasteiger partial charge in [-0.15, -0.1) is 0 Å². The second-order valence-corrected chi connectivity index (χ2v) is 6.16. The molecule has 3 aromatic rings. The molecule has 0 atom stereocenters. The van der Waals surface area contributed by atoms with Crippen molar-refractivity contribution in [1.82, 2.24) is 14.5 Å². The van der Waals surface area contributed by atoms with Crippen LogP contribution < -0.4 is 5.56 Å². The average Bonchev–Trinajstić information content (AvgIpc) is 2.86. The molecule has 0 aliphatic carbocycles. The van der Waals surface area contributed by atoms with Crippen molar-refractivity contribution in [3.63, 3.8) is 0 Å². The number of benzene rings is 1. The highest BCUT2D eigenvalue weighted by Crippen LogP contribution is 2.17. The molecule has 0 bridgehead atoms. The molecule has 1 aliphatic rings. The van der Waals surface area contributed by atoms with Gasteiger partial charge in [-0.1, -0.05) is 24.6 Å². The van der Waals surface area contributed by atoms with Gasteiger partial charge < -0.3 is 0 Å². The van der Waals surface area contributed by atoms with Gasteiger partial charge >= 0.3 is 0 Å². The van der Waals surface area contributed by atoms with E-state index in [-0.39, 0.29) is 5.56 Å². The van der Waals surface area contributed by atoms with Crippen molar-refractivity contribution in [2.24, 2.45) is 0 Å². The van der Waals surface area contributed by atoms with Crippen LogP contribution in [0, 0.1) is 0 Å². The minimum atomic E-state index is 0.0946. The predicted octanol–water partition coefficient (Wildman–Crippen LogP) is 3.69. The van der Waals surface area contributed by atoms with Gasteiger partial charge in [-0.2, -0.15) is 0 Å². The van der Waals surface area contributed by atoms with Crippen LogP contribution >= 0.6 is 0 Å². The summed E-state index contributed by atoms with van der Waals surface area (Å²) in [7, 11) is 0. The van der Waals surface area contributed by atoms with Gasteiger partial charge in [0.15, 0.2) is 0 Å². The van der Waals surface area contributed by atoms with Crippen molar-refractivity contribution in [2.45, 2.75) is 32.2 Å². The predicted molar refractivity (Wildman–Crippen MR) is 96.7 cm³/mol. The van der Waals surface area contributed by atoms with E-state index < -0.39 is 0 Å². The third kappa shape index (κ3) is 2.87. The van der Waals surface area contributed by atoms with E-state index >= 15 is 0 Å². The molecule has 4 rings (SSSR count). The molecule has 4 heteroatoms. The van der Waals surface area contributed by atoms with Crippen LogP contribution in [0.3, 0.4) is 0 Å². The quantitative estimate of drug-likeness (QED) is 0.724. The Balaban J connectivity index is 1.75. The standard InChI is InChI=1S/C20H19N3O/c24-20-17-11-9-15(8-10-16-6-3-4-12-21-16)14-18(17)22-19-7-2-1-5-13-23(19)20/h3-4,6,8-12,14H,1-2,5,7,13H2. The zero-order valence-corrected chi connectivity index (χ0v) is 13.5. The van der Waals surface area contributed by atoms with Crippen LogP contribution in [-0.4, -0.2) is 14.5 Å². The lowest BCUT2D eigenvalue weighted by molar-refractivity contribution is 0.614. The maximum absolute atomic E-state index is 12.7. The first-order chi connectivity index (χ1) is 11.8. The number of nitrogens with zero attached hydrogens (tertiary/aromatic N) is 3. The van der Waals surface area contributed by atoms with Gasteiger partial charge in [-0.25, -0.2) is 4.98 Å². The molecule has 0 fully saturated rings. The van der Waals surface area contributed by atoms with E-state index in [0.29, 0.717) is 5.39 Å². The van der Waals surface area contributed by atoms with E-state index in [1.54, 1.807) is 6.20 Å². The van der Waals surface area contributed by atoms with Crippen molar-refractivity contribution >= 4 is 23.1 Å². The topological polar surface area (TPSA) is 47.8 Å². The number of hydrogen-bond donors (Lipinski definition) is 0. The van der Waals surface area contributed by atoms with Gasteiger partial charge in [-0.05, 0) is 48.7 Å². The van der Waals surface area contributed by atoms with Gasteiger partial charge in [0.25, 0.3) is 5.56 Å². The smallest absolute Gasteiger partial charge is 0.261 e. The average molecular weight is 317 g/mol. The number of hydrogen-bond acceptors (Lipinski definition) is 3. The van der Waals surface area contributed by atoms with E-state index in [1.807, 2.05) is 53.1 Å². The second kappa shape index (κ2) is 6.40. The normalized spacial score (nSPS) is 14.7. The van der Waals surface area contributed by atoms with Crippen molar-refractivity contribution in [2.75, 3.05) is 0 Å². The van der Waals surface area contributed by atoms with Crippen LogP contribution in [0.25, 0.3) is 23.1 Å². The molecule has 1 aliphatic heterocycles. The van der Waals surface area contributed by atoms with E-state index in [4.69, 9.17) is 4.98 Å². The maximum atomic E-state index is 12.7. The van der Waals surface area contributed by atoms with Crippen molar-refractivity contribution < 1.29 is 0 Å². The van der Waals surface area contributed by atoms with Crippen molar-refractivity contribution in [1.29, 1.82) is 0 Å². The monoisotopic (exact) mass is 317 g/mol. The zero-order chi connectivity index (χ0) is 16.4. The third-order valence-electron chi connectivity index (χ3n) is 4.47. The SMILES string of the molecule is O=c1c2ccc(C=Cc3ccccn3)cc2nc2n1CCCCC2. The molecule has 2 aromatic heterocycles. The summed E-state index contributed by atoms with van der Waals surface area (Å²) in [6.07, 6.45) is 9.97. The number of fused-ring (bicyclic) bond motifs is 2. The summed E-state index contributed by atoms with van der Waals surface area (Å²) in [6, 6.07) is 11.7. The Kier molecular flexibility index (Phi) is 3.95. The van der Waals surface area contributed by atoms with E-state index in [1.165, 1.54) is 0 Å². The summed E-state index contributed by atoms with van der Waals surface area (Å²) in [5.74, 6) is 0.927. The van der Waals surface area contributed by atoms with Gasteiger partial charge in [0, 0.05) is 19.2 Å². The lowest BCUT2D eigenvalue weighted by Crippen LogP contribution is -2.24. The second-order valence-electron chi connectivity index (χ2n) is 6.16. The van der Waals surface area contributed by atoms with E-state index in [2.05, 4.69) is 4.98 Å². The number of aryl methyl sites for hydroxylation is 1. The fraction of sp³-hybridized carbons (Fsp3) is 0.250. The molecule has 4 nitrogen and oxygen atoms in total. The molecular formula is C20H19N3O. The Morgan fingerprint density at radius 1 is 1.04 bits per heavy atom. The molecule has 120 valence electrons. The van der Waals surface area contributed by atoms with Gasteiger partial charge in [-0.3, -0.25) is 14.3 Å². The first-order valence-corrected chi connectivity index (χ1v) is 8.44. The van der Waals surface area contributed by atoms with Gasteiger partial charge in [0.05, 0.1) is 16.6 Å². The number of rotatable bonds is 2. The minimum Gasteiger partial charge on any atom is -0.296 e. The minimum absolute atomic E-state index is 0.0946. The summed E-state index contributed by atoms with van der Waals surface area (Å²) >= 11 is 0. The van der Waals surface area contributed by atoms with E-state index in [9.17, 15) is 4.79 Å². The fourth-order valence-electron chi connectivity index (χ4n) is 3.20. The van der Waals surface area contributed by atoms with Crippen LogP contribution in [0.1, 0.15) is 36.3 Å². The molecule has 1 aromatic carbocycles. The lowest BCUT2D eigenvalue weighted by atomic mass is 10.1. The first kappa shape index (κ1) is 14.8. The number of pyridine rings is 1. The Morgan fingerprint density at radius 3 is 2.88 bits per heavy atom. The highest BCUT2D eigenvalue weighted by molar-refractivity contribution is 5.82. The Morgan fingerprint density at radius 2 is 2.00 bits per heavy atom. The lowest BCUT2D eigenvalue weighted by Gasteiger charge is -2.10. The highest BCUT2D eigenvalue weighted by Gasteiger charge is 2.13. The van der Waals surface area contributed by atoms with Gasteiger partial charge in [0.2, 0.25) is 0 Å². The first-order valence-electron chi connectivity index (χ1n) is 8.44. The summed E-state index contributed by atoms with van der Waals surface area (Å²) in [6.45, 7) is 0.790. The molecule has 3 heterocycles. The van der Waals surface area contributed by atoms with Gasteiger partial charge in [0.1, 0.15) is 5.82 Å². The fourth-order valence-corrected chi connectivity index (χ4v) is 3.20. The maximum Gasteiger partial charge on any atom is 0.261 e. The zero-order valence-electron chi connectivity index (χ0n) is 13.5. The van der Waals surface area contributed by atoms with Crippen LogP contribution in [-0.2, 0) is 13.0 Å². The largest absolute Gasteiger partial charge is 0.296 e. The summed E-state index contributed by atoms with van der Waals surface area (Å²) in [5, 5.41) is 0.704. The van der Waals surface area contributed by atoms with Crippen LogP contribution in [0.2, 0.25) is 0 Å². The molecule has 24 heavy (non-hydrogen) atoms. The molecular weight excluding hydrogens is 298 g/mol. The summed E-state index contributed by atoms with van der Waals surface area (Å²) in [4.78, 5) is 21.8. The van der Waals surface area contributed by atoms with Crippen molar-refractivity contribution in [3.05, 3.63) is 70.0 Å². The van der Waals surface area contributed by atoms with Crippen LogP contribution in [0.5, 0.6) is 0 Å². The van der Waals surface area contributed by atoms with Crippen molar-refractivity contribution in [3.8, 4) is 0 Å². The summed E-state index contributed by atoms with van der Waals surface area (Å²) in [5.41, 5.74) is 2.82. The van der Waals surface area contributed by atoms with Crippen LogP contribution in [0.4, 0.5) is 0 Å². The molecule has 0 N–H and O–H groups in total. The number of aromatic nitrogens is 3. The Hall–Kier alpha value is -2.75. The molecule has 0 radical (unpaired) electrons. The molecule has 0 spiro atoms. The van der Waals surface area contributed by atoms with E-state index in [0.717, 1.165) is 54.8 Å². The molecule has 0 saturated heterocycles. The third-order valence-corrected chi connectivity index (χ3v) is 4.47. The molecule has 0 unspecified atom stereocenters. The highest BCUT2D eigenvalue weighted by atomic mass is 16.1. The summed E-state index contributed by atoms with van der Waals surface area (Å²) < 4.78 is 1.86. The van der Waals surface area contributed by atoms with Crippen LogP contribution in [0.15, 0.2) is 47.4 Å².